The van der Waals surface area contributed by atoms with E-state index in [0.717, 1.165) is 24.3 Å². The van der Waals surface area contributed by atoms with Crippen molar-refractivity contribution in [1.82, 2.24) is 5.32 Å². The smallest absolute Gasteiger partial charge is 0.309 e. The van der Waals surface area contributed by atoms with Gasteiger partial charge in [0.15, 0.2) is 0 Å². The molecule has 6 heteroatoms. The van der Waals surface area contributed by atoms with Crippen LogP contribution in [0, 0.1) is 11.6 Å². The maximum absolute atomic E-state index is 13.3. The lowest BCUT2D eigenvalue weighted by Crippen LogP contribution is -2.19. The number of hydrogen-bond acceptors (Lipinski definition) is 1. The van der Waals surface area contributed by atoms with Gasteiger partial charge in [-0.05, 0) is 42.4 Å². The molecular weight excluding hydrogens is 289 g/mol. The summed E-state index contributed by atoms with van der Waals surface area (Å²) in [5.41, 5.74) is -0.316. The third-order valence-electron chi connectivity index (χ3n) is 3.05. The fourth-order valence-corrected chi connectivity index (χ4v) is 2.16. The second-order valence-electron chi connectivity index (χ2n) is 4.55. The molecule has 1 nitrogen and oxygen atoms in total. The highest BCUT2D eigenvalue weighted by atomic mass is 19.4. The Bertz CT molecular complexity index is 616. The van der Waals surface area contributed by atoms with E-state index in [1.54, 1.807) is 0 Å². The second-order valence-corrected chi connectivity index (χ2v) is 4.55. The fraction of sp³-hybridized carbons (Fsp3) is 0.200. The van der Waals surface area contributed by atoms with Crippen molar-refractivity contribution in [1.29, 1.82) is 0 Å². The zero-order chi connectivity index (χ0) is 15.6. The van der Waals surface area contributed by atoms with Crippen molar-refractivity contribution in [3.63, 3.8) is 0 Å². The maximum Gasteiger partial charge on any atom is 0.416 e. The quantitative estimate of drug-likeness (QED) is 0.834. The van der Waals surface area contributed by atoms with Crippen LogP contribution in [0.2, 0.25) is 0 Å². The zero-order valence-electron chi connectivity index (χ0n) is 11.0. The minimum Gasteiger partial charge on any atom is -0.309 e. The van der Waals surface area contributed by atoms with Crippen LogP contribution in [0.15, 0.2) is 42.5 Å². The molecule has 0 aliphatic carbocycles. The molecule has 0 radical (unpaired) electrons. The Morgan fingerprint density at radius 1 is 0.905 bits per heavy atom. The van der Waals surface area contributed by atoms with E-state index >= 15 is 0 Å². The molecule has 0 bridgehead atoms. The molecule has 2 rings (SSSR count). The summed E-state index contributed by atoms with van der Waals surface area (Å²) in [6, 6.07) is 6.79. The minimum absolute atomic E-state index is 0.217. The molecule has 0 saturated carbocycles. The summed E-state index contributed by atoms with van der Waals surface area (Å²) in [5, 5.41) is 2.77. The lowest BCUT2D eigenvalue weighted by Gasteiger charge is -2.19. The molecule has 0 heterocycles. The molecule has 0 fully saturated rings. The molecule has 0 aromatic heterocycles. The van der Waals surface area contributed by atoms with Gasteiger partial charge in [-0.15, -0.1) is 0 Å². The Labute approximate surface area is 118 Å². The molecule has 0 aliphatic rings. The molecule has 0 amide bonds. The number of rotatable bonds is 3. The van der Waals surface area contributed by atoms with Crippen LogP contribution in [-0.2, 0) is 6.18 Å². The molecule has 1 atom stereocenters. The Balaban J connectivity index is 2.46. The van der Waals surface area contributed by atoms with E-state index in [0.29, 0.717) is 6.07 Å². The monoisotopic (exact) mass is 301 g/mol. The van der Waals surface area contributed by atoms with Crippen LogP contribution < -0.4 is 5.32 Å². The molecule has 2 aromatic rings. The van der Waals surface area contributed by atoms with E-state index < -0.39 is 29.4 Å². The second kappa shape index (κ2) is 5.81. The summed E-state index contributed by atoms with van der Waals surface area (Å²) >= 11 is 0. The Hall–Kier alpha value is -1.95. The largest absolute Gasteiger partial charge is 0.416 e. The highest BCUT2D eigenvalue weighted by Gasteiger charge is 2.31. The van der Waals surface area contributed by atoms with Crippen molar-refractivity contribution in [2.45, 2.75) is 12.2 Å². The average molecular weight is 301 g/mol. The van der Waals surface area contributed by atoms with Crippen LogP contribution >= 0.6 is 0 Å². The molecule has 1 N–H and O–H groups in total. The van der Waals surface area contributed by atoms with Crippen LogP contribution in [-0.4, -0.2) is 7.05 Å². The summed E-state index contributed by atoms with van der Waals surface area (Å²) in [5.74, 6) is -1.56. The first-order chi connectivity index (χ1) is 9.81. The number of benzene rings is 2. The van der Waals surface area contributed by atoms with Crippen molar-refractivity contribution < 1.29 is 22.0 Å². The topological polar surface area (TPSA) is 12.0 Å². The van der Waals surface area contributed by atoms with Crippen LogP contribution in [0.25, 0.3) is 0 Å². The minimum atomic E-state index is -4.47. The molecule has 21 heavy (non-hydrogen) atoms. The zero-order valence-corrected chi connectivity index (χ0v) is 11.0. The third-order valence-corrected chi connectivity index (χ3v) is 3.05. The van der Waals surface area contributed by atoms with Crippen molar-refractivity contribution in [3.05, 3.63) is 70.8 Å². The van der Waals surface area contributed by atoms with E-state index in [1.165, 1.54) is 19.2 Å². The van der Waals surface area contributed by atoms with Crippen molar-refractivity contribution in [2.75, 3.05) is 7.05 Å². The van der Waals surface area contributed by atoms with Gasteiger partial charge in [0.25, 0.3) is 0 Å². The van der Waals surface area contributed by atoms with E-state index in [4.69, 9.17) is 0 Å². The summed E-state index contributed by atoms with van der Waals surface area (Å²) in [7, 11) is 1.51. The van der Waals surface area contributed by atoms with E-state index in [1.807, 2.05) is 0 Å². The van der Waals surface area contributed by atoms with Crippen molar-refractivity contribution >= 4 is 0 Å². The van der Waals surface area contributed by atoms with Gasteiger partial charge < -0.3 is 5.32 Å². The Morgan fingerprint density at radius 2 is 1.52 bits per heavy atom. The first-order valence-corrected chi connectivity index (χ1v) is 6.11. The fourth-order valence-electron chi connectivity index (χ4n) is 2.16. The summed E-state index contributed by atoms with van der Waals surface area (Å²) in [6.45, 7) is 0. The first-order valence-electron chi connectivity index (χ1n) is 6.11. The SMILES string of the molecule is CNC(c1cc(F)cc(F)c1)c1cccc(C(F)(F)F)c1. The van der Waals surface area contributed by atoms with Gasteiger partial charge in [0, 0.05) is 6.07 Å². The third kappa shape index (κ3) is 3.58. The summed E-state index contributed by atoms with van der Waals surface area (Å²) in [6.07, 6.45) is -4.47. The van der Waals surface area contributed by atoms with E-state index in [9.17, 15) is 22.0 Å². The van der Waals surface area contributed by atoms with Gasteiger partial charge in [-0.25, -0.2) is 8.78 Å². The van der Waals surface area contributed by atoms with Gasteiger partial charge in [-0.3, -0.25) is 0 Å². The molecule has 1 unspecified atom stereocenters. The van der Waals surface area contributed by atoms with Crippen LogP contribution in [0.1, 0.15) is 22.7 Å². The molecular formula is C15H12F5N. The van der Waals surface area contributed by atoms with Crippen LogP contribution in [0.3, 0.4) is 0 Å². The standard InChI is InChI=1S/C15H12F5N/c1-21-14(10-6-12(16)8-13(17)7-10)9-3-2-4-11(5-9)15(18,19)20/h2-8,14,21H,1H3. The number of alkyl halides is 3. The van der Waals surface area contributed by atoms with E-state index in [-0.39, 0.29) is 11.1 Å². The van der Waals surface area contributed by atoms with Crippen molar-refractivity contribution in [2.24, 2.45) is 0 Å². The Kier molecular flexibility index (Phi) is 4.27. The first kappa shape index (κ1) is 15.4. The van der Waals surface area contributed by atoms with Gasteiger partial charge in [-0.2, -0.15) is 13.2 Å². The molecule has 2 aromatic carbocycles. The van der Waals surface area contributed by atoms with E-state index in [2.05, 4.69) is 5.32 Å². The van der Waals surface area contributed by atoms with Crippen LogP contribution in [0.5, 0.6) is 0 Å². The normalized spacial score (nSPS) is 13.2. The molecule has 0 spiro atoms. The maximum atomic E-state index is 13.3. The van der Waals surface area contributed by atoms with Gasteiger partial charge in [0.1, 0.15) is 11.6 Å². The molecule has 112 valence electrons. The van der Waals surface area contributed by atoms with Crippen molar-refractivity contribution in [3.8, 4) is 0 Å². The molecule has 0 saturated heterocycles. The predicted octanol–water partition coefficient (Wildman–Crippen LogP) is 4.29. The highest BCUT2D eigenvalue weighted by molar-refractivity contribution is 5.35. The number of halogens is 5. The van der Waals surface area contributed by atoms with Gasteiger partial charge in [-0.1, -0.05) is 12.1 Å². The van der Waals surface area contributed by atoms with Crippen LogP contribution in [0.4, 0.5) is 22.0 Å². The Morgan fingerprint density at radius 3 is 2.05 bits per heavy atom. The highest BCUT2D eigenvalue weighted by Crippen LogP contribution is 2.32. The van der Waals surface area contributed by atoms with Gasteiger partial charge >= 0.3 is 6.18 Å². The number of nitrogens with one attached hydrogen (secondary N) is 1. The summed E-state index contributed by atoms with van der Waals surface area (Å²) in [4.78, 5) is 0. The average Bonchev–Trinajstić information content (AvgIpc) is 2.38. The summed E-state index contributed by atoms with van der Waals surface area (Å²) < 4.78 is 64.7. The predicted molar refractivity (Wildman–Crippen MR) is 68.7 cm³/mol. The van der Waals surface area contributed by atoms with Gasteiger partial charge in [0.2, 0.25) is 0 Å². The lowest BCUT2D eigenvalue weighted by atomic mass is 9.97. The van der Waals surface area contributed by atoms with Gasteiger partial charge in [0.05, 0.1) is 11.6 Å². The number of hydrogen-bond donors (Lipinski definition) is 1. The lowest BCUT2D eigenvalue weighted by molar-refractivity contribution is -0.137. The molecule has 0 aliphatic heterocycles.